The monoisotopic (exact) mass is 301 g/mol. The molecule has 3 N–H and O–H groups in total. The highest BCUT2D eigenvalue weighted by molar-refractivity contribution is 7.89. The topological polar surface area (TPSA) is 75.4 Å². The molecular formula is C13H20FN3O2S. The molecule has 2 rings (SSSR count). The number of halogens is 1. The van der Waals surface area contributed by atoms with E-state index in [1.54, 1.807) is 13.8 Å². The summed E-state index contributed by atoms with van der Waals surface area (Å²) in [5.74, 6) is -0.422. The lowest BCUT2D eigenvalue weighted by molar-refractivity contribution is 0.272. The highest BCUT2D eigenvalue weighted by Gasteiger charge is 2.34. The number of nitrogens with two attached hydrogens (primary N) is 1. The van der Waals surface area contributed by atoms with E-state index in [1.807, 2.05) is 0 Å². The summed E-state index contributed by atoms with van der Waals surface area (Å²) in [6.07, 6.45) is 0. The molecule has 20 heavy (non-hydrogen) atoms. The fraction of sp³-hybridized carbons (Fsp3) is 0.538. The first-order valence-corrected chi connectivity index (χ1v) is 8.01. The van der Waals surface area contributed by atoms with Gasteiger partial charge in [0.05, 0.1) is 4.90 Å². The molecule has 112 valence electrons. The number of aryl methyl sites for hydroxylation is 2. The van der Waals surface area contributed by atoms with Crippen LogP contribution < -0.4 is 11.1 Å². The second kappa shape index (κ2) is 5.77. The van der Waals surface area contributed by atoms with Crippen LogP contribution in [0.4, 0.5) is 4.39 Å². The van der Waals surface area contributed by atoms with Gasteiger partial charge in [-0.05, 0) is 37.1 Å². The largest absolute Gasteiger partial charge is 0.329 e. The number of hydrogen-bond acceptors (Lipinski definition) is 4. The molecule has 0 aliphatic carbocycles. The number of sulfonamides is 1. The molecule has 0 radical (unpaired) electrons. The lowest BCUT2D eigenvalue weighted by Gasteiger charge is -2.35. The Morgan fingerprint density at radius 2 is 2.00 bits per heavy atom. The van der Waals surface area contributed by atoms with Gasteiger partial charge in [-0.15, -0.1) is 0 Å². The van der Waals surface area contributed by atoms with E-state index in [0.29, 0.717) is 30.8 Å². The Labute approximate surface area is 119 Å². The van der Waals surface area contributed by atoms with E-state index >= 15 is 0 Å². The van der Waals surface area contributed by atoms with Crippen LogP contribution in [0, 0.1) is 19.7 Å². The molecule has 1 saturated heterocycles. The molecule has 7 heteroatoms. The van der Waals surface area contributed by atoms with Gasteiger partial charge in [-0.1, -0.05) is 0 Å². The number of hydrogen-bond donors (Lipinski definition) is 2. The third kappa shape index (κ3) is 2.71. The average Bonchev–Trinajstić information content (AvgIpc) is 2.37. The molecule has 0 amide bonds. The smallest absolute Gasteiger partial charge is 0.243 e. The maximum Gasteiger partial charge on any atom is 0.243 e. The van der Waals surface area contributed by atoms with Crippen molar-refractivity contribution in [2.75, 3.05) is 26.2 Å². The van der Waals surface area contributed by atoms with Gasteiger partial charge < -0.3 is 11.1 Å². The zero-order valence-corrected chi connectivity index (χ0v) is 12.5. The highest BCUT2D eigenvalue weighted by atomic mass is 32.2. The van der Waals surface area contributed by atoms with Crippen LogP contribution in [0.25, 0.3) is 0 Å². The van der Waals surface area contributed by atoms with Gasteiger partial charge in [-0.2, -0.15) is 4.31 Å². The lowest BCUT2D eigenvalue weighted by atomic mass is 10.1. The highest BCUT2D eigenvalue weighted by Crippen LogP contribution is 2.26. The van der Waals surface area contributed by atoms with Gasteiger partial charge in [0.2, 0.25) is 10.0 Å². The van der Waals surface area contributed by atoms with Gasteiger partial charge in [-0.25, -0.2) is 12.8 Å². The quantitative estimate of drug-likeness (QED) is 0.845. The Bertz CT molecular complexity index is 581. The van der Waals surface area contributed by atoms with Gasteiger partial charge >= 0.3 is 0 Å². The van der Waals surface area contributed by atoms with Crippen LogP contribution in [0.5, 0.6) is 0 Å². The van der Waals surface area contributed by atoms with Crippen molar-refractivity contribution in [3.8, 4) is 0 Å². The molecule has 0 spiro atoms. The number of piperazine rings is 1. The van der Waals surface area contributed by atoms with E-state index in [1.165, 1.54) is 16.4 Å². The Kier molecular flexibility index (Phi) is 4.43. The molecule has 0 aromatic heterocycles. The maximum absolute atomic E-state index is 13.3. The predicted octanol–water partition coefficient (Wildman–Crippen LogP) is 0.364. The molecule has 1 fully saturated rings. The minimum absolute atomic E-state index is 0.194. The molecule has 0 bridgehead atoms. The molecular weight excluding hydrogens is 281 g/mol. The summed E-state index contributed by atoms with van der Waals surface area (Å²) < 4.78 is 40.4. The van der Waals surface area contributed by atoms with E-state index in [9.17, 15) is 12.8 Å². The van der Waals surface area contributed by atoms with Crippen molar-refractivity contribution >= 4 is 10.0 Å². The standard InChI is InChI=1S/C13H20FN3O2S/c1-9-5-11(14)6-10(2)13(9)20(18,19)17-4-3-16-8-12(17)7-15/h5-6,12,16H,3-4,7-8,15H2,1-2H3. The molecule has 1 atom stereocenters. The van der Waals surface area contributed by atoms with Gasteiger partial charge in [0.15, 0.2) is 0 Å². The first-order valence-electron chi connectivity index (χ1n) is 6.57. The van der Waals surface area contributed by atoms with E-state index in [-0.39, 0.29) is 17.5 Å². The summed E-state index contributed by atoms with van der Waals surface area (Å²) in [5, 5.41) is 3.13. The Morgan fingerprint density at radius 3 is 2.55 bits per heavy atom. The van der Waals surface area contributed by atoms with Gasteiger partial charge in [0.1, 0.15) is 5.82 Å². The van der Waals surface area contributed by atoms with Crippen molar-refractivity contribution in [3.05, 3.63) is 29.1 Å². The van der Waals surface area contributed by atoms with Crippen LogP contribution in [-0.4, -0.2) is 44.9 Å². The molecule has 1 aliphatic heterocycles. The Balaban J connectivity index is 2.49. The maximum atomic E-state index is 13.3. The normalized spacial score (nSPS) is 21.1. The van der Waals surface area contributed by atoms with Crippen LogP contribution in [0.1, 0.15) is 11.1 Å². The fourth-order valence-electron chi connectivity index (χ4n) is 2.68. The molecule has 5 nitrogen and oxygen atoms in total. The van der Waals surface area contributed by atoms with Crippen molar-refractivity contribution in [1.29, 1.82) is 0 Å². The summed E-state index contributed by atoms with van der Waals surface area (Å²) >= 11 is 0. The molecule has 1 aromatic rings. The summed E-state index contributed by atoms with van der Waals surface area (Å²) in [6.45, 7) is 4.99. The van der Waals surface area contributed by atoms with Crippen molar-refractivity contribution in [2.24, 2.45) is 5.73 Å². The average molecular weight is 301 g/mol. The minimum atomic E-state index is -3.65. The molecule has 1 heterocycles. The van der Waals surface area contributed by atoms with Gasteiger partial charge in [0.25, 0.3) is 0 Å². The second-order valence-electron chi connectivity index (χ2n) is 5.08. The van der Waals surface area contributed by atoms with Crippen molar-refractivity contribution in [3.63, 3.8) is 0 Å². The predicted molar refractivity (Wildman–Crippen MR) is 75.5 cm³/mol. The van der Waals surface area contributed by atoms with Crippen LogP contribution in [0.2, 0.25) is 0 Å². The first-order chi connectivity index (χ1) is 9.37. The molecule has 0 saturated carbocycles. The van der Waals surface area contributed by atoms with E-state index in [0.717, 1.165) is 0 Å². The third-order valence-electron chi connectivity index (χ3n) is 3.56. The van der Waals surface area contributed by atoms with Gasteiger partial charge in [-0.3, -0.25) is 0 Å². The van der Waals surface area contributed by atoms with E-state index in [2.05, 4.69) is 5.32 Å². The molecule has 1 aromatic carbocycles. The Morgan fingerprint density at radius 1 is 1.40 bits per heavy atom. The minimum Gasteiger partial charge on any atom is -0.329 e. The van der Waals surface area contributed by atoms with Gasteiger partial charge in [0, 0.05) is 32.2 Å². The summed E-state index contributed by atoms with van der Waals surface area (Å²) in [7, 11) is -3.65. The van der Waals surface area contributed by atoms with Crippen LogP contribution >= 0.6 is 0 Å². The second-order valence-corrected chi connectivity index (χ2v) is 6.91. The summed E-state index contributed by atoms with van der Waals surface area (Å²) in [5.41, 5.74) is 6.52. The first kappa shape index (κ1) is 15.4. The molecule has 1 aliphatic rings. The van der Waals surface area contributed by atoms with Crippen molar-refractivity contribution < 1.29 is 12.8 Å². The Hall–Kier alpha value is -1.02. The number of benzene rings is 1. The fourth-order valence-corrected chi connectivity index (χ4v) is 4.73. The van der Waals surface area contributed by atoms with Crippen molar-refractivity contribution in [1.82, 2.24) is 9.62 Å². The van der Waals surface area contributed by atoms with E-state index < -0.39 is 15.8 Å². The number of nitrogens with one attached hydrogen (secondary N) is 1. The summed E-state index contributed by atoms with van der Waals surface area (Å²) in [6, 6.07) is 2.23. The number of nitrogens with zero attached hydrogens (tertiary/aromatic N) is 1. The van der Waals surface area contributed by atoms with E-state index in [4.69, 9.17) is 5.73 Å². The van der Waals surface area contributed by atoms with Crippen LogP contribution in [-0.2, 0) is 10.0 Å². The SMILES string of the molecule is Cc1cc(F)cc(C)c1S(=O)(=O)N1CCNCC1CN. The molecule has 1 unspecified atom stereocenters. The van der Waals surface area contributed by atoms with Crippen molar-refractivity contribution in [2.45, 2.75) is 24.8 Å². The zero-order valence-electron chi connectivity index (χ0n) is 11.7. The van der Waals surface area contributed by atoms with Crippen LogP contribution in [0.15, 0.2) is 17.0 Å². The van der Waals surface area contributed by atoms with Crippen LogP contribution in [0.3, 0.4) is 0 Å². The zero-order chi connectivity index (χ0) is 14.9. The summed E-state index contributed by atoms with van der Waals surface area (Å²) in [4.78, 5) is 0.194. The number of rotatable bonds is 3. The lowest BCUT2D eigenvalue weighted by Crippen LogP contribution is -2.56. The third-order valence-corrected chi connectivity index (χ3v) is 5.82.